The van der Waals surface area contributed by atoms with Crippen LogP contribution in [0.5, 0.6) is 11.5 Å². The number of para-hydroxylation sites is 3. The molecule has 1 aromatic heterocycles. The van der Waals surface area contributed by atoms with Crippen molar-refractivity contribution in [1.29, 1.82) is 0 Å². The molecule has 0 unspecified atom stereocenters. The van der Waals surface area contributed by atoms with E-state index in [2.05, 4.69) is 33.7 Å². The van der Waals surface area contributed by atoms with Gasteiger partial charge in [-0.3, -0.25) is 9.36 Å². The molecule has 4 aliphatic carbocycles. The normalized spacial score (nSPS) is 23.7. The zero-order valence-corrected chi connectivity index (χ0v) is 25.4. The molecule has 4 bridgehead atoms. The predicted molar refractivity (Wildman–Crippen MR) is 168 cm³/mol. The zero-order chi connectivity index (χ0) is 29.2. The van der Waals surface area contributed by atoms with Gasteiger partial charge in [0.05, 0.1) is 18.6 Å². The summed E-state index contributed by atoms with van der Waals surface area (Å²) in [4.78, 5) is 13.1. The van der Waals surface area contributed by atoms with Crippen molar-refractivity contribution < 1.29 is 14.3 Å². The summed E-state index contributed by atoms with van der Waals surface area (Å²) >= 11 is 1.39. The third-order valence-electron chi connectivity index (χ3n) is 9.51. The first-order valence-electron chi connectivity index (χ1n) is 15.3. The van der Waals surface area contributed by atoms with Crippen molar-refractivity contribution in [2.45, 2.75) is 50.3 Å². The number of benzene rings is 3. The highest BCUT2D eigenvalue weighted by Crippen LogP contribution is 2.59. The van der Waals surface area contributed by atoms with Crippen molar-refractivity contribution in [2.24, 2.45) is 23.2 Å². The average molecular weight is 595 g/mol. The Kier molecular flexibility index (Phi) is 7.87. The minimum Gasteiger partial charge on any atom is -0.495 e. The fraction of sp³-hybridized carbons (Fsp3) is 0.400. The molecule has 0 atom stereocenters. The lowest BCUT2D eigenvalue weighted by atomic mass is 9.49. The highest BCUT2D eigenvalue weighted by molar-refractivity contribution is 7.99. The number of ether oxygens (including phenoxy) is 2. The first-order valence-corrected chi connectivity index (χ1v) is 16.3. The number of rotatable bonds is 11. The number of aromatic nitrogens is 3. The number of nitrogens with one attached hydrogen (secondary N) is 1. The van der Waals surface area contributed by atoms with Crippen LogP contribution in [0.15, 0.2) is 84.0 Å². The summed E-state index contributed by atoms with van der Waals surface area (Å²) in [5, 5.41) is 13.0. The molecule has 1 amide bonds. The molecule has 43 heavy (non-hydrogen) atoms. The number of hydrogen-bond acceptors (Lipinski definition) is 6. The van der Waals surface area contributed by atoms with E-state index in [1.54, 1.807) is 7.11 Å². The molecular weight excluding hydrogens is 556 g/mol. The Balaban J connectivity index is 1.07. The van der Waals surface area contributed by atoms with Crippen molar-refractivity contribution in [2.75, 3.05) is 19.4 Å². The Hall–Kier alpha value is -3.78. The van der Waals surface area contributed by atoms with Gasteiger partial charge in [-0.05, 0) is 85.5 Å². The van der Waals surface area contributed by atoms with Crippen molar-refractivity contribution in [3.63, 3.8) is 0 Å². The molecule has 8 heteroatoms. The van der Waals surface area contributed by atoms with Gasteiger partial charge in [-0.1, -0.05) is 72.4 Å². The van der Waals surface area contributed by atoms with Crippen molar-refractivity contribution in [3.8, 4) is 28.3 Å². The number of hydrogen-bond donors (Lipinski definition) is 1. The van der Waals surface area contributed by atoms with Gasteiger partial charge < -0.3 is 14.8 Å². The second-order valence-corrected chi connectivity index (χ2v) is 13.5. The lowest BCUT2D eigenvalue weighted by Crippen LogP contribution is -2.51. The average Bonchev–Trinajstić information content (AvgIpc) is 3.44. The van der Waals surface area contributed by atoms with E-state index in [1.165, 1.54) is 50.3 Å². The maximum Gasteiger partial charge on any atom is 0.230 e. The number of carbonyl (C=O) groups excluding carboxylic acids is 1. The van der Waals surface area contributed by atoms with Gasteiger partial charge in [0.15, 0.2) is 11.0 Å². The van der Waals surface area contributed by atoms with E-state index in [-0.39, 0.29) is 18.3 Å². The Bertz CT molecular complexity index is 1550. The minimum absolute atomic E-state index is 0.0462. The summed E-state index contributed by atoms with van der Waals surface area (Å²) in [6, 6.07) is 26.0. The highest BCUT2D eigenvalue weighted by atomic mass is 32.2. The van der Waals surface area contributed by atoms with Crippen LogP contribution in [0.1, 0.15) is 44.3 Å². The molecule has 3 aromatic carbocycles. The molecule has 0 saturated heterocycles. The van der Waals surface area contributed by atoms with E-state index in [0.717, 1.165) is 46.9 Å². The SMILES string of the molecule is COc1ccccc1-n1c(COc2ccccc2-c2ccccc2)nnc1SCC(=O)NCC12CC3CC(CC(C3)C1)C2. The van der Waals surface area contributed by atoms with Crippen LogP contribution in [0.3, 0.4) is 0 Å². The molecule has 222 valence electrons. The Labute approximate surface area is 257 Å². The molecule has 4 aromatic rings. The van der Waals surface area contributed by atoms with Gasteiger partial charge in [0.25, 0.3) is 0 Å². The summed E-state index contributed by atoms with van der Waals surface area (Å²) in [5.74, 6) is 5.03. The zero-order valence-electron chi connectivity index (χ0n) is 24.6. The highest BCUT2D eigenvalue weighted by Gasteiger charge is 2.50. The third kappa shape index (κ3) is 5.90. The molecule has 1 N–H and O–H groups in total. The van der Waals surface area contributed by atoms with Gasteiger partial charge >= 0.3 is 0 Å². The first kappa shape index (κ1) is 28.0. The van der Waals surface area contributed by atoms with Crippen molar-refractivity contribution in [3.05, 3.63) is 84.7 Å². The fourth-order valence-corrected chi connectivity index (χ4v) is 8.90. The van der Waals surface area contributed by atoms with Crippen LogP contribution in [0.25, 0.3) is 16.8 Å². The van der Waals surface area contributed by atoms with Crippen LogP contribution < -0.4 is 14.8 Å². The summed E-state index contributed by atoms with van der Waals surface area (Å²) < 4.78 is 14.0. The van der Waals surface area contributed by atoms with Gasteiger partial charge in [-0.25, -0.2) is 0 Å². The molecule has 0 aliphatic heterocycles. The van der Waals surface area contributed by atoms with Crippen LogP contribution in [0.2, 0.25) is 0 Å². The van der Waals surface area contributed by atoms with Crippen molar-refractivity contribution >= 4 is 17.7 Å². The number of carbonyl (C=O) groups is 1. The topological polar surface area (TPSA) is 78.3 Å². The molecule has 0 radical (unpaired) electrons. The summed E-state index contributed by atoms with van der Waals surface area (Å²) in [6.45, 7) is 1.00. The summed E-state index contributed by atoms with van der Waals surface area (Å²) in [6.07, 6.45) is 8.07. The van der Waals surface area contributed by atoms with Crippen LogP contribution in [0, 0.1) is 23.2 Å². The Morgan fingerprint density at radius 3 is 2.26 bits per heavy atom. The van der Waals surface area contributed by atoms with Gasteiger partial charge in [0.1, 0.15) is 18.1 Å². The second-order valence-electron chi connectivity index (χ2n) is 12.5. The number of thioether (sulfide) groups is 1. The van der Waals surface area contributed by atoms with E-state index < -0.39 is 0 Å². The number of methoxy groups -OCH3 is 1. The van der Waals surface area contributed by atoms with E-state index in [0.29, 0.717) is 22.1 Å². The first-order chi connectivity index (χ1) is 21.1. The number of nitrogens with zero attached hydrogens (tertiary/aromatic N) is 3. The van der Waals surface area contributed by atoms with Gasteiger partial charge in [-0.2, -0.15) is 0 Å². The quantitative estimate of drug-likeness (QED) is 0.190. The maximum atomic E-state index is 13.1. The minimum atomic E-state index is 0.0462. The lowest BCUT2D eigenvalue weighted by Gasteiger charge is -2.56. The fourth-order valence-electron chi connectivity index (χ4n) is 8.11. The largest absolute Gasteiger partial charge is 0.495 e. The Morgan fingerprint density at radius 2 is 1.53 bits per heavy atom. The van der Waals surface area contributed by atoms with Gasteiger partial charge in [0.2, 0.25) is 5.91 Å². The molecular formula is C35H38N4O3S. The molecule has 4 fully saturated rings. The summed E-state index contributed by atoms with van der Waals surface area (Å²) in [7, 11) is 1.65. The van der Waals surface area contributed by atoms with Crippen LogP contribution in [-0.4, -0.2) is 40.1 Å². The molecule has 4 saturated carbocycles. The standard InChI is InChI=1S/C35H38N4O3S/c1-41-31-14-8-6-12-29(31)39-32(21-42-30-13-7-5-11-28(30)27-9-3-2-4-10-27)37-38-34(39)43-22-33(40)36-23-35-18-24-15-25(19-35)17-26(16-24)20-35/h2-14,24-26H,15-23H2,1H3,(H,36,40). The molecule has 1 heterocycles. The molecule has 7 nitrogen and oxygen atoms in total. The van der Waals surface area contributed by atoms with Gasteiger partial charge in [-0.15, -0.1) is 10.2 Å². The van der Waals surface area contributed by atoms with Gasteiger partial charge in [0, 0.05) is 12.1 Å². The van der Waals surface area contributed by atoms with E-state index in [1.807, 2.05) is 65.2 Å². The van der Waals surface area contributed by atoms with Crippen LogP contribution >= 0.6 is 11.8 Å². The third-order valence-corrected chi connectivity index (χ3v) is 10.4. The van der Waals surface area contributed by atoms with E-state index in [9.17, 15) is 4.79 Å². The van der Waals surface area contributed by atoms with Crippen LogP contribution in [-0.2, 0) is 11.4 Å². The molecule has 4 aliphatic rings. The number of amides is 1. The van der Waals surface area contributed by atoms with Crippen molar-refractivity contribution in [1.82, 2.24) is 20.1 Å². The smallest absolute Gasteiger partial charge is 0.230 e. The lowest BCUT2D eigenvalue weighted by molar-refractivity contribution is -0.120. The van der Waals surface area contributed by atoms with E-state index >= 15 is 0 Å². The Morgan fingerprint density at radius 1 is 0.884 bits per heavy atom. The van der Waals surface area contributed by atoms with E-state index in [4.69, 9.17) is 9.47 Å². The maximum absolute atomic E-state index is 13.1. The second kappa shape index (κ2) is 12.1. The summed E-state index contributed by atoms with van der Waals surface area (Å²) in [5.41, 5.74) is 3.21. The van der Waals surface area contributed by atoms with Crippen LogP contribution in [0.4, 0.5) is 0 Å². The monoisotopic (exact) mass is 594 g/mol. The predicted octanol–water partition coefficient (Wildman–Crippen LogP) is 6.95. The molecule has 0 spiro atoms. The molecule has 8 rings (SSSR count).